The molecule has 1 fully saturated rings. The van der Waals surface area contributed by atoms with E-state index in [0.29, 0.717) is 11.7 Å². The van der Waals surface area contributed by atoms with Crippen LogP contribution in [0.25, 0.3) is 5.78 Å². The molecule has 3 aromatic rings. The second kappa shape index (κ2) is 6.86. The van der Waals surface area contributed by atoms with Gasteiger partial charge in [-0.25, -0.2) is 9.50 Å². The average Bonchev–Trinajstić information content (AvgIpc) is 3.31. The summed E-state index contributed by atoms with van der Waals surface area (Å²) in [6.07, 6.45) is 4.72. The van der Waals surface area contributed by atoms with Crippen molar-refractivity contribution in [3.05, 3.63) is 59.7 Å². The van der Waals surface area contributed by atoms with E-state index in [1.807, 2.05) is 24.0 Å². The fourth-order valence-corrected chi connectivity index (χ4v) is 4.02. The Morgan fingerprint density at radius 2 is 2.08 bits per heavy atom. The van der Waals surface area contributed by atoms with Gasteiger partial charge in [-0.15, -0.1) is 5.10 Å². The Bertz CT molecular complexity index is 920. The van der Waals surface area contributed by atoms with Gasteiger partial charge in [0.2, 0.25) is 5.82 Å². The summed E-state index contributed by atoms with van der Waals surface area (Å²) in [6, 6.07) is 12.5. The number of aryl methyl sites for hydroxylation is 1. The van der Waals surface area contributed by atoms with Crippen LogP contribution in [0.3, 0.4) is 0 Å². The SMILES string of the molecule is CC[C@@H](c1ccccc1)[C@H]1CCCN1C(=O)c1nc2nccc(C)n2n1. The summed E-state index contributed by atoms with van der Waals surface area (Å²) in [5.74, 6) is 0.951. The van der Waals surface area contributed by atoms with Gasteiger partial charge in [-0.05, 0) is 37.8 Å². The Balaban J connectivity index is 1.64. The van der Waals surface area contributed by atoms with Gasteiger partial charge in [0.05, 0.1) is 0 Å². The van der Waals surface area contributed by atoms with Crippen molar-refractivity contribution in [2.24, 2.45) is 0 Å². The highest BCUT2D eigenvalue weighted by Gasteiger charge is 2.36. The molecule has 1 aromatic carbocycles. The molecular weight excluding hydrogens is 326 g/mol. The van der Waals surface area contributed by atoms with E-state index in [0.717, 1.165) is 31.5 Å². The van der Waals surface area contributed by atoms with Crippen molar-refractivity contribution in [2.75, 3.05) is 6.54 Å². The second-order valence-electron chi connectivity index (χ2n) is 6.87. The molecule has 3 heterocycles. The molecule has 2 aromatic heterocycles. The van der Waals surface area contributed by atoms with Gasteiger partial charge in [-0.1, -0.05) is 37.3 Å². The van der Waals surface area contributed by atoms with Crippen molar-refractivity contribution in [1.29, 1.82) is 0 Å². The third-order valence-corrected chi connectivity index (χ3v) is 5.31. The quantitative estimate of drug-likeness (QED) is 0.725. The van der Waals surface area contributed by atoms with Gasteiger partial charge in [0, 0.05) is 30.4 Å². The van der Waals surface area contributed by atoms with Gasteiger partial charge < -0.3 is 4.90 Å². The van der Waals surface area contributed by atoms with Crippen LogP contribution in [0, 0.1) is 6.92 Å². The molecule has 0 saturated carbocycles. The molecule has 2 atom stereocenters. The number of fused-ring (bicyclic) bond motifs is 1. The Morgan fingerprint density at radius 3 is 2.81 bits per heavy atom. The van der Waals surface area contributed by atoms with Crippen molar-refractivity contribution < 1.29 is 4.79 Å². The molecule has 1 amide bonds. The standard InChI is InChI=1S/C20H23N5O/c1-3-16(15-8-5-4-6-9-15)17-10-7-13-24(17)19(26)18-22-20-21-12-11-14(2)25(20)23-18/h4-6,8-9,11-12,16-17H,3,7,10,13H2,1-2H3/t16-,17+/m0/s1. The van der Waals surface area contributed by atoms with Crippen LogP contribution in [0.2, 0.25) is 0 Å². The summed E-state index contributed by atoms with van der Waals surface area (Å²) in [7, 11) is 0. The predicted molar refractivity (Wildman–Crippen MR) is 99.1 cm³/mol. The molecule has 0 N–H and O–H groups in total. The number of carbonyl (C=O) groups is 1. The summed E-state index contributed by atoms with van der Waals surface area (Å²) in [5, 5.41) is 4.40. The van der Waals surface area contributed by atoms with E-state index in [-0.39, 0.29) is 17.8 Å². The third kappa shape index (κ3) is 2.85. The van der Waals surface area contributed by atoms with Gasteiger partial charge in [0.1, 0.15) is 0 Å². The van der Waals surface area contributed by atoms with Gasteiger partial charge in [-0.3, -0.25) is 4.79 Å². The van der Waals surface area contributed by atoms with E-state index < -0.39 is 0 Å². The molecule has 0 unspecified atom stereocenters. The number of nitrogens with zero attached hydrogens (tertiary/aromatic N) is 5. The van der Waals surface area contributed by atoms with Crippen molar-refractivity contribution in [3.63, 3.8) is 0 Å². The zero-order chi connectivity index (χ0) is 18.1. The maximum atomic E-state index is 13.1. The Hall–Kier alpha value is -2.76. The monoisotopic (exact) mass is 349 g/mol. The van der Waals surface area contributed by atoms with E-state index in [4.69, 9.17) is 0 Å². The number of carbonyl (C=O) groups excluding carboxylic acids is 1. The van der Waals surface area contributed by atoms with Crippen molar-refractivity contribution in [1.82, 2.24) is 24.5 Å². The first-order chi connectivity index (χ1) is 12.7. The second-order valence-corrected chi connectivity index (χ2v) is 6.87. The lowest BCUT2D eigenvalue weighted by Gasteiger charge is -2.31. The van der Waals surface area contributed by atoms with Crippen LogP contribution in [0.4, 0.5) is 0 Å². The number of benzene rings is 1. The Labute approximate surface area is 152 Å². The molecule has 6 nitrogen and oxygen atoms in total. The molecule has 26 heavy (non-hydrogen) atoms. The summed E-state index contributed by atoms with van der Waals surface area (Å²) in [4.78, 5) is 23.7. The van der Waals surface area contributed by atoms with E-state index in [1.165, 1.54) is 5.56 Å². The minimum Gasteiger partial charge on any atom is -0.332 e. The normalized spacial score (nSPS) is 18.4. The van der Waals surface area contributed by atoms with Crippen LogP contribution >= 0.6 is 0 Å². The Morgan fingerprint density at radius 1 is 1.27 bits per heavy atom. The predicted octanol–water partition coefficient (Wildman–Crippen LogP) is 3.23. The summed E-state index contributed by atoms with van der Waals surface area (Å²) in [6.45, 7) is 4.88. The van der Waals surface area contributed by atoms with Crippen LogP contribution in [0.15, 0.2) is 42.6 Å². The fourth-order valence-electron chi connectivity index (χ4n) is 4.02. The maximum Gasteiger partial charge on any atom is 0.293 e. The minimum absolute atomic E-state index is 0.0909. The summed E-state index contributed by atoms with van der Waals surface area (Å²) >= 11 is 0. The largest absolute Gasteiger partial charge is 0.332 e. The summed E-state index contributed by atoms with van der Waals surface area (Å²) < 4.78 is 1.63. The number of likely N-dealkylation sites (tertiary alicyclic amines) is 1. The number of amides is 1. The average molecular weight is 349 g/mol. The molecule has 0 radical (unpaired) electrons. The van der Waals surface area contributed by atoms with Gasteiger partial charge in [0.25, 0.3) is 11.7 Å². The van der Waals surface area contributed by atoms with Crippen LogP contribution < -0.4 is 0 Å². The lowest BCUT2D eigenvalue weighted by Crippen LogP contribution is -2.39. The van der Waals surface area contributed by atoms with Crippen LogP contribution in [-0.4, -0.2) is 43.0 Å². The zero-order valence-corrected chi connectivity index (χ0v) is 15.2. The van der Waals surface area contributed by atoms with Crippen LogP contribution in [-0.2, 0) is 0 Å². The molecule has 0 bridgehead atoms. The Kier molecular flexibility index (Phi) is 4.41. The highest BCUT2D eigenvalue weighted by Crippen LogP contribution is 2.34. The minimum atomic E-state index is -0.0909. The highest BCUT2D eigenvalue weighted by atomic mass is 16.2. The molecule has 1 aliphatic heterocycles. The first kappa shape index (κ1) is 16.7. The van der Waals surface area contributed by atoms with Crippen molar-refractivity contribution in [2.45, 2.75) is 45.1 Å². The molecule has 1 aliphatic rings. The molecule has 0 aliphatic carbocycles. The van der Waals surface area contributed by atoms with Crippen molar-refractivity contribution in [3.8, 4) is 0 Å². The third-order valence-electron chi connectivity index (χ3n) is 5.31. The van der Waals surface area contributed by atoms with E-state index in [2.05, 4.69) is 46.3 Å². The maximum absolute atomic E-state index is 13.1. The summed E-state index contributed by atoms with van der Waals surface area (Å²) in [5.41, 5.74) is 2.20. The smallest absolute Gasteiger partial charge is 0.293 e. The number of hydrogen-bond donors (Lipinski definition) is 0. The number of rotatable bonds is 4. The lowest BCUT2D eigenvalue weighted by molar-refractivity contribution is 0.0702. The first-order valence-corrected chi connectivity index (χ1v) is 9.23. The van der Waals surface area contributed by atoms with E-state index in [9.17, 15) is 4.79 Å². The zero-order valence-electron chi connectivity index (χ0n) is 15.2. The van der Waals surface area contributed by atoms with Crippen LogP contribution in [0.1, 0.15) is 54.0 Å². The molecule has 6 heteroatoms. The van der Waals surface area contributed by atoms with Gasteiger partial charge in [-0.2, -0.15) is 4.98 Å². The van der Waals surface area contributed by atoms with Gasteiger partial charge in [0.15, 0.2) is 0 Å². The van der Waals surface area contributed by atoms with Crippen LogP contribution in [0.5, 0.6) is 0 Å². The van der Waals surface area contributed by atoms with Gasteiger partial charge >= 0.3 is 0 Å². The first-order valence-electron chi connectivity index (χ1n) is 9.23. The lowest BCUT2D eigenvalue weighted by atomic mass is 9.87. The van der Waals surface area contributed by atoms with Crippen molar-refractivity contribution >= 4 is 11.7 Å². The molecule has 1 saturated heterocycles. The number of aromatic nitrogens is 4. The van der Waals surface area contributed by atoms with E-state index >= 15 is 0 Å². The topological polar surface area (TPSA) is 63.4 Å². The highest BCUT2D eigenvalue weighted by molar-refractivity contribution is 5.91. The molecular formula is C20H23N5O. The fraction of sp³-hybridized carbons (Fsp3) is 0.400. The number of hydrogen-bond acceptors (Lipinski definition) is 4. The molecule has 0 spiro atoms. The molecule has 134 valence electrons. The molecule has 4 rings (SSSR count). The van der Waals surface area contributed by atoms with E-state index in [1.54, 1.807) is 10.7 Å².